The number of hydrogen-bond acceptors (Lipinski definition) is 5. The van der Waals surface area contributed by atoms with E-state index in [2.05, 4.69) is 122 Å². The number of fused-ring (bicyclic) bond motifs is 8. The van der Waals surface area contributed by atoms with Crippen molar-refractivity contribution in [1.29, 1.82) is 0 Å². The molecule has 0 aliphatic heterocycles. The molecule has 1 N–H and O–H groups in total. The molecule has 0 bridgehead atoms. The molecular weight excluding hydrogens is 911 g/mol. The molecule has 1 radical (unpaired) electrons. The summed E-state index contributed by atoms with van der Waals surface area (Å²) in [5, 5.41) is 17.3. The van der Waals surface area contributed by atoms with Gasteiger partial charge in [0.25, 0.3) is 0 Å². The minimum atomic E-state index is 0. The average molecular weight is 961 g/mol. The topological polar surface area (TPSA) is 67.5 Å². The summed E-state index contributed by atoms with van der Waals surface area (Å²) in [6.45, 7) is 14.8. The van der Waals surface area contributed by atoms with Gasteiger partial charge >= 0.3 is 0 Å². The van der Waals surface area contributed by atoms with Gasteiger partial charge in [0.05, 0.1) is 27.8 Å². The van der Waals surface area contributed by atoms with Gasteiger partial charge in [-0.2, -0.15) is 0 Å². The Hall–Kier alpha value is -4.94. The standard InChI is InChI=1S/C38H26N3S.C13H24O2.Ir/c1-21(2)29-19-25(16-23-10-4-5-11-26(23)29)35-38-36(40-20-39-35)34(22(3)42-38)24-17-30-27-12-6-8-14-32(27)41-33-15-9-7-13-28(33)31(18-24)37(30)41;1-5-10(6-2)12(14)9-13(15)11(7-3)8-4;/h4-15,17-21H,1-3H3;9-11,14H,5-8H2,1-4H3;/q-1;;/b;12-9-;. The number of allylic oxidation sites excluding steroid dienone is 2. The van der Waals surface area contributed by atoms with E-state index in [-0.39, 0.29) is 43.5 Å². The molecule has 7 heteroatoms. The van der Waals surface area contributed by atoms with Crippen LogP contribution in [0.25, 0.3) is 81.5 Å². The number of benzene rings is 5. The Kier molecular flexibility index (Phi) is 12.2. The van der Waals surface area contributed by atoms with Crippen LogP contribution in [-0.4, -0.2) is 25.3 Å². The maximum Gasteiger partial charge on any atom is 0.162 e. The van der Waals surface area contributed by atoms with Crippen LogP contribution in [0.3, 0.4) is 0 Å². The Labute approximate surface area is 358 Å². The first-order valence-corrected chi connectivity index (χ1v) is 21.3. The van der Waals surface area contributed by atoms with E-state index in [4.69, 9.17) is 9.97 Å². The largest absolute Gasteiger partial charge is 0.512 e. The van der Waals surface area contributed by atoms with Crippen LogP contribution in [0.4, 0.5) is 0 Å². The van der Waals surface area contributed by atoms with Crippen molar-refractivity contribution in [2.75, 3.05) is 0 Å². The van der Waals surface area contributed by atoms with Crippen molar-refractivity contribution in [2.45, 2.75) is 80.1 Å². The molecule has 0 amide bonds. The van der Waals surface area contributed by atoms with Crippen LogP contribution < -0.4 is 0 Å². The number of carbonyl (C=O) groups excluding carboxylic acids is 1. The fourth-order valence-corrected chi connectivity index (χ4v) is 9.92. The zero-order valence-electron chi connectivity index (χ0n) is 34.3. The molecule has 0 atom stereocenters. The van der Waals surface area contributed by atoms with E-state index in [9.17, 15) is 9.90 Å². The number of rotatable bonds is 10. The Morgan fingerprint density at radius 3 is 1.93 bits per heavy atom. The van der Waals surface area contributed by atoms with Gasteiger partial charge in [-0.25, -0.2) is 4.98 Å². The van der Waals surface area contributed by atoms with Crippen molar-refractivity contribution < 1.29 is 30.0 Å². The number of carbonyl (C=O) groups is 1. The van der Waals surface area contributed by atoms with Crippen molar-refractivity contribution in [3.05, 3.63) is 126 Å². The first kappa shape index (κ1) is 41.2. The van der Waals surface area contributed by atoms with E-state index in [0.29, 0.717) is 5.92 Å². The minimum absolute atomic E-state index is 0. The minimum Gasteiger partial charge on any atom is -0.512 e. The summed E-state index contributed by atoms with van der Waals surface area (Å²) in [5.74, 6) is 0.942. The normalized spacial score (nSPS) is 12.2. The molecule has 5 nitrogen and oxygen atoms in total. The number of aliphatic hydroxyl groups excluding tert-OH is 1. The van der Waals surface area contributed by atoms with Crippen molar-refractivity contribution in [3.63, 3.8) is 0 Å². The molecule has 0 aliphatic carbocycles. The molecule has 297 valence electrons. The molecule has 0 aliphatic rings. The van der Waals surface area contributed by atoms with Crippen molar-refractivity contribution >= 4 is 76.2 Å². The average Bonchev–Trinajstić information content (AvgIpc) is 3.87. The van der Waals surface area contributed by atoms with Gasteiger partial charge in [-0.1, -0.05) is 107 Å². The molecule has 0 unspecified atom stereocenters. The second-order valence-corrected chi connectivity index (χ2v) is 16.8. The van der Waals surface area contributed by atoms with E-state index in [1.807, 2.05) is 27.7 Å². The number of nitrogens with zero attached hydrogens (tertiary/aromatic N) is 3. The van der Waals surface area contributed by atoms with E-state index in [1.165, 1.54) is 71.1 Å². The van der Waals surface area contributed by atoms with Crippen LogP contribution in [0, 0.1) is 24.8 Å². The van der Waals surface area contributed by atoms with Crippen molar-refractivity contribution in [3.8, 4) is 22.4 Å². The SMILES string of the molecule is CCC(CC)C(=O)/C=C(\O)C(CC)CC.Cc1sc2c(-c3[c-]c4ccccc4c(C(C)C)c3)ncnc2c1-c1cc2c3ccccc3n3c4ccccc4c(c1)c23.[Ir]. The number of thiophene rings is 1. The fraction of sp³-hybridized carbons (Fsp3) is 0.275. The Bertz CT molecular complexity index is 2870. The summed E-state index contributed by atoms with van der Waals surface area (Å²) in [4.78, 5) is 22.7. The number of hydrogen-bond donors (Lipinski definition) is 1. The summed E-state index contributed by atoms with van der Waals surface area (Å²) in [6.07, 6.45) is 6.63. The van der Waals surface area contributed by atoms with Crippen LogP contribution in [0.1, 0.15) is 83.6 Å². The molecule has 5 aromatic carbocycles. The Morgan fingerprint density at radius 2 is 1.34 bits per heavy atom. The molecule has 4 aromatic heterocycles. The molecular formula is C51H50IrN3O2S-. The quantitative estimate of drug-likeness (QED) is 0.0842. The van der Waals surface area contributed by atoms with Gasteiger partial charge in [0.2, 0.25) is 0 Å². The third-order valence-electron chi connectivity index (χ3n) is 11.9. The summed E-state index contributed by atoms with van der Waals surface area (Å²) < 4.78 is 3.55. The van der Waals surface area contributed by atoms with Gasteiger partial charge in [0.15, 0.2) is 5.78 Å². The number of aliphatic hydroxyl groups is 1. The van der Waals surface area contributed by atoms with E-state index in [1.54, 1.807) is 17.7 Å². The van der Waals surface area contributed by atoms with E-state index in [0.717, 1.165) is 52.5 Å². The van der Waals surface area contributed by atoms with Gasteiger partial charge in [-0.3, -0.25) is 9.78 Å². The molecule has 0 saturated carbocycles. The van der Waals surface area contributed by atoms with Crippen molar-refractivity contribution in [2.24, 2.45) is 11.8 Å². The summed E-state index contributed by atoms with van der Waals surface area (Å²) in [5.41, 5.74) is 10.5. The Balaban J connectivity index is 0.000000276. The molecule has 0 saturated heterocycles. The van der Waals surface area contributed by atoms with E-state index < -0.39 is 0 Å². The molecule has 4 heterocycles. The fourth-order valence-electron chi connectivity index (χ4n) is 8.79. The van der Waals surface area contributed by atoms with Gasteiger partial charge in [-0.05, 0) is 68.4 Å². The third kappa shape index (κ3) is 7.12. The van der Waals surface area contributed by atoms with Crippen LogP contribution in [-0.2, 0) is 24.9 Å². The maximum atomic E-state index is 11.7. The van der Waals surface area contributed by atoms with Gasteiger partial charge in [0, 0.05) is 80.4 Å². The van der Waals surface area contributed by atoms with Crippen LogP contribution in [0.15, 0.2) is 109 Å². The Morgan fingerprint density at radius 1 is 0.776 bits per heavy atom. The molecule has 0 spiro atoms. The summed E-state index contributed by atoms with van der Waals surface area (Å²) >= 11 is 1.79. The van der Waals surface area contributed by atoms with Gasteiger partial charge in [-0.15, -0.1) is 40.5 Å². The number of aromatic nitrogens is 3. The molecule has 9 aromatic rings. The summed E-state index contributed by atoms with van der Waals surface area (Å²) in [6, 6.07) is 36.8. The smallest absolute Gasteiger partial charge is 0.162 e. The predicted molar refractivity (Wildman–Crippen MR) is 242 cm³/mol. The molecule has 9 rings (SSSR count). The van der Waals surface area contributed by atoms with Crippen LogP contribution >= 0.6 is 11.3 Å². The zero-order chi connectivity index (χ0) is 40.0. The van der Waals surface area contributed by atoms with Gasteiger partial charge < -0.3 is 9.51 Å². The van der Waals surface area contributed by atoms with Crippen LogP contribution in [0.5, 0.6) is 0 Å². The third-order valence-corrected chi connectivity index (χ3v) is 13.0. The maximum absolute atomic E-state index is 11.7. The predicted octanol–water partition coefficient (Wildman–Crippen LogP) is 14.4. The summed E-state index contributed by atoms with van der Waals surface area (Å²) in [7, 11) is 0. The first-order chi connectivity index (χ1) is 27.7. The number of aryl methyl sites for hydroxylation is 1. The number of ketones is 1. The van der Waals surface area contributed by atoms with Gasteiger partial charge in [0.1, 0.15) is 6.33 Å². The second kappa shape index (κ2) is 17.1. The van der Waals surface area contributed by atoms with Crippen LogP contribution in [0.2, 0.25) is 0 Å². The molecule has 58 heavy (non-hydrogen) atoms. The van der Waals surface area contributed by atoms with Crippen molar-refractivity contribution in [1.82, 2.24) is 14.4 Å². The number of para-hydroxylation sites is 2. The monoisotopic (exact) mass is 961 g/mol. The zero-order valence-corrected chi connectivity index (χ0v) is 37.5. The second-order valence-electron chi connectivity index (χ2n) is 15.6. The first-order valence-electron chi connectivity index (χ1n) is 20.5. The van der Waals surface area contributed by atoms with E-state index >= 15 is 0 Å². The molecule has 0 fully saturated rings.